The molecular weight excluding hydrogens is 394 g/mol. The number of anilines is 1. The van der Waals surface area contributed by atoms with E-state index in [0.29, 0.717) is 42.7 Å². The normalized spacial score (nSPS) is 18.3. The smallest absolute Gasteiger partial charge is 0.384 e. The summed E-state index contributed by atoms with van der Waals surface area (Å²) >= 11 is 0. The minimum atomic E-state index is -1.37. The Morgan fingerprint density at radius 2 is 2.00 bits per heavy atom. The van der Waals surface area contributed by atoms with E-state index in [0.717, 1.165) is 25.3 Å². The van der Waals surface area contributed by atoms with Crippen LogP contribution in [0.1, 0.15) is 68.4 Å². The van der Waals surface area contributed by atoms with E-state index in [1.54, 1.807) is 4.57 Å². The van der Waals surface area contributed by atoms with Crippen molar-refractivity contribution in [3.05, 3.63) is 39.4 Å². The first-order valence-electron chi connectivity index (χ1n) is 10.6. The Balaban J connectivity index is 0.00000124. The van der Waals surface area contributed by atoms with E-state index in [1.165, 1.54) is 6.20 Å². The molecule has 1 unspecified atom stereocenters. The number of aliphatic hydroxyl groups excluding tert-OH is 1. The molecular formula is C22H28F2N2O4. The number of rotatable bonds is 5. The van der Waals surface area contributed by atoms with Crippen LogP contribution in [0, 0.1) is 5.82 Å². The fourth-order valence-corrected chi connectivity index (χ4v) is 4.16. The number of hydrogen-bond donors (Lipinski definition) is 1. The average molecular weight is 422 g/mol. The third kappa shape index (κ3) is 3.93. The highest BCUT2D eigenvalue weighted by atomic mass is 19.3. The SMILES string of the molecule is CC.CCCc1c(N2CCC(O)C2)c(F)cc2c(=O)c(C(=O)OF)cn(C3CC3)c12. The van der Waals surface area contributed by atoms with Crippen LogP contribution in [-0.2, 0) is 11.4 Å². The molecule has 0 amide bonds. The van der Waals surface area contributed by atoms with E-state index in [4.69, 9.17) is 0 Å². The maximum Gasteiger partial charge on any atom is 0.384 e. The van der Waals surface area contributed by atoms with E-state index in [9.17, 15) is 19.2 Å². The van der Waals surface area contributed by atoms with Crippen LogP contribution < -0.4 is 10.3 Å². The maximum atomic E-state index is 15.2. The Hall–Kier alpha value is -2.48. The van der Waals surface area contributed by atoms with Crippen molar-refractivity contribution in [2.45, 2.75) is 65.0 Å². The first kappa shape index (κ1) is 22.2. The molecule has 8 heteroatoms. The Labute approximate surface area is 174 Å². The van der Waals surface area contributed by atoms with Gasteiger partial charge >= 0.3 is 5.97 Å². The number of nitrogens with zero attached hydrogens (tertiary/aromatic N) is 2. The van der Waals surface area contributed by atoms with Gasteiger partial charge in [0.15, 0.2) is 0 Å². The van der Waals surface area contributed by atoms with Gasteiger partial charge in [0.25, 0.3) is 0 Å². The van der Waals surface area contributed by atoms with Crippen molar-refractivity contribution < 1.29 is 23.8 Å². The van der Waals surface area contributed by atoms with Gasteiger partial charge in [-0.15, -0.1) is 0 Å². The average Bonchev–Trinajstić information content (AvgIpc) is 3.50. The maximum absolute atomic E-state index is 15.2. The van der Waals surface area contributed by atoms with Crippen molar-refractivity contribution in [2.75, 3.05) is 18.0 Å². The van der Waals surface area contributed by atoms with Gasteiger partial charge in [-0.25, -0.2) is 14.1 Å². The van der Waals surface area contributed by atoms with Gasteiger partial charge in [-0.1, -0.05) is 27.2 Å². The molecule has 164 valence electrons. The van der Waals surface area contributed by atoms with Crippen LogP contribution in [0.15, 0.2) is 17.1 Å². The van der Waals surface area contributed by atoms with Crippen LogP contribution in [0.4, 0.5) is 14.6 Å². The Morgan fingerprint density at radius 3 is 2.53 bits per heavy atom. The van der Waals surface area contributed by atoms with Crippen molar-refractivity contribution >= 4 is 22.6 Å². The number of aromatic nitrogens is 1. The van der Waals surface area contributed by atoms with Gasteiger partial charge in [-0.05, 0) is 31.7 Å². The number of carbonyl (C=O) groups excluding carboxylic acids is 1. The number of benzene rings is 1. The highest BCUT2D eigenvalue weighted by Gasteiger charge is 2.32. The largest absolute Gasteiger partial charge is 0.391 e. The van der Waals surface area contributed by atoms with Gasteiger partial charge < -0.3 is 14.6 Å². The zero-order chi connectivity index (χ0) is 22.0. The molecule has 1 saturated heterocycles. The number of pyridine rings is 1. The molecule has 1 aromatic carbocycles. The fraction of sp³-hybridized carbons (Fsp3) is 0.545. The van der Waals surface area contributed by atoms with E-state index < -0.39 is 28.9 Å². The second-order valence-electron chi connectivity index (χ2n) is 7.60. The van der Waals surface area contributed by atoms with Gasteiger partial charge in [0.1, 0.15) is 11.4 Å². The number of hydrogen-bond acceptors (Lipinski definition) is 5. The molecule has 0 radical (unpaired) electrons. The predicted molar refractivity (Wildman–Crippen MR) is 111 cm³/mol. The second-order valence-corrected chi connectivity index (χ2v) is 7.60. The van der Waals surface area contributed by atoms with Crippen LogP contribution in [-0.4, -0.2) is 34.8 Å². The fourth-order valence-electron chi connectivity index (χ4n) is 4.16. The minimum Gasteiger partial charge on any atom is -0.391 e. The van der Waals surface area contributed by atoms with Gasteiger partial charge in [-0.2, -0.15) is 0 Å². The number of aryl methyl sites for hydroxylation is 1. The molecule has 0 spiro atoms. The van der Waals surface area contributed by atoms with Gasteiger partial charge in [-0.3, -0.25) is 4.79 Å². The molecule has 2 aliphatic rings. The first-order valence-corrected chi connectivity index (χ1v) is 10.6. The Kier molecular flexibility index (Phi) is 6.75. The first-order chi connectivity index (χ1) is 14.5. The summed E-state index contributed by atoms with van der Waals surface area (Å²) in [6.45, 7) is 6.83. The summed E-state index contributed by atoms with van der Waals surface area (Å²) in [7, 11) is 0. The highest BCUT2D eigenvalue weighted by Crippen LogP contribution is 2.41. The second kappa shape index (κ2) is 9.12. The minimum absolute atomic E-state index is 0.0549. The standard InChI is InChI=1S/C20H22F2N2O4.C2H6/c1-2-3-13-17-14(8-16(21)18(13)23-7-6-12(25)9-23)19(26)15(20(27)28-22)10-24(17)11-4-5-11;1-2/h8,10-12,25H,2-7,9H2,1H3;1-2H3. The van der Waals surface area contributed by atoms with Crippen molar-refractivity contribution in [2.24, 2.45) is 0 Å². The van der Waals surface area contributed by atoms with E-state index in [2.05, 4.69) is 4.94 Å². The number of halogens is 2. The van der Waals surface area contributed by atoms with Crippen molar-refractivity contribution in [1.82, 2.24) is 4.57 Å². The number of β-amino-alcohol motifs (C(OH)–C–C–N with tert-alkyl or cyclic N) is 1. The van der Waals surface area contributed by atoms with Gasteiger partial charge in [0, 0.05) is 40.8 Å². The molecule has 4 rings (SSSR count). The summed E-state index contributed by atoms with van der Waals surface area (Å²) in [4.78, 5) is 29.6. The molecule has 30 heavy (non-hydrogen) atoms. The van der Waals surface area contributed by atoms with Crippen LogP contribution in [0.3, 0.4) is 0 Å². The molecule has 1 saturated carbocycles. The lowest BCUT2D eigenvalue weighted by molar-refractivity contribution is -0.0789. The lowest BCUT2D eigenvalue weighted by Gasteiger charge is -2.25. The Morgan fingerprint density at radius 1 is 1.30 bits per heavy atom. The highest BCUT2D eigenvalue weighted by molar-refractivity contribution is 5.96. The summed E-state index contributed by atoms with van der Waals surface area (Å²) in [5.74, 6) is -1.94. The molecule has 1 aliphatic heterocycles. The third-order valence-electron chi connectivity index (χ3n) is 5.55. The van der Waals surface area contributed by atoms with Crippen LogP contribution in [0.25, 0.3) is 10.9 Å². The summed E-state index contributed by atoms with van der Waals surface area (Å²) < 4.78 is 29.4. The summed E-state index contributed by atoms with van der Waals surface area (Å²) in [5, 5.41) is 9.96. The van der Waals surface area contributed by atoms with E-state index in [-0.39, 0.29) is 11.4 Å². The zero-order valence-corrected chi connectivity index (χ0v) is 17.6. The molecule has 1 aliphatic carbocycles. The number of aliphatic hydroxyl groups is 1. The molecule has 1 aromatic heterocycles. The van der Waals surface area contributed by atoms with Crippen molar-refractivity contribution in [3.63, 3.8) is 0 Å². The zero-order valence-electron chi connectivity index (χ0n) is 17.6. The number of carbonyl (C=O) groups is 1. The van der Waals surface area contributed by atoms with Crippen LogP contribution in [0.2, 0.25) is 0 Å². The number of fused-ring (bicyclic) bond motifs is 1. The molecule has 6 nitrogen and oxygen atoms in total. The lowest BCUT2D eigenvalue weighted by atomic mass is 9.99. The predicted octanol–water partition coefficient (Wildman–Crippen LogP) is 4.07. The van der Waals surface area contributed by atoms with Crippen molar-refractivity contribution in [3.8, 4) is 0 Å². The summed E-state index contributed by atoms with van der Waals surface area (Å²) in [6.07, 6.45) is 4.37. The topological polar surface area (TPSA) is 71.8 Å². The van der Waals surface area contributed by atoms with Gasteiger partial charge in [0.05, 0.1) is 17.3 Å². The van der Waals surface area contributed by atoms with Crippen LogP contribution >= 0.6 is 0 Å². The monoisotopic (exact) mass is 422 g/mol. The molecule has 0 bridgehead atoms. The lowest BCUT2D eigenvalue weighted by Crippen LogP contribution is -2.26. The summed E-state index contributed by atoms with van der Waals surface area (Å²) in [5.41, 5.74) is 0.505. The molecule has 2 aromatic rings. The quantitative estimate of drug-likeness (QED) is 0.787. The molecule has 2 fully saturated rings. The van der Waals surface area contributed by atoms with E-state index in [1.807, 2.05) is 25.7 Å². The molecule has 1 atom stereocenters. The van der Waals surface area contributed by atoms with E-state index >= 15 is 4.39 Å². The summed E-state index contributed by atoms with van der Waals surface area (Å²) in [6, 6.07) is 1.21. The molecule has 1 N–H and O–H groups in total. The Bertz CT molecular complexity index is 1000. The van der Waals surface area contributed by atoms with Crippen LogP contribution in [0.5, 0.6) is 0 Å². The van der Waals surface area contributed by atoms with Crippen molar-refractivity contribution in [1.29, 1.82) is 0 Å². The molecule has 2 heterocycles. The van der Waals surface area contributed by atoms with Gasteiger partial charge in [0.2, 0.25) is 5.43 Å². The third-order valence-corrected chi connectivity index (χ3v) is 5.55.